The SMILES string of the molecule is c1ccc(-c2ccc(N(c3ccc(-c4cccc5ccccc45)cc3)c3cc(-c4ccc5ccccc5c4)ccc3-c3ccc4ccccc4c3)cc2)cc1. The number of hydrogen-bond acceptors (Lipinski definition) is 1. The molecule has 0 atom stereocenters. The van der Waals surface area contributed by atoms with Crippen LogP contribution in [0.5, 0.6) is 0 Å². The monoisotopic (exact) mass is 699 g/mol. The number of nitrogens with zero attached hydrogens (tertiary/aromatic N) is 1. The summed E-state index contributed by atoms with van der Waals surface area (Å²) in [6, 6.07) is 81.6. The van der Waals surface area contributed by atoms with Gasteiger partial charge in [0.05, 0.1) is 5.69 Å². The molecule has 0 N–H and O–H groups in total. The molecular weight excluding hydrogens is 663 g/mol. The molecule has 55 heavy (non-hydrogen) atoms. The van der Waals surface area contributed by atoms with Crippen molar-refractivity contribution in [1.82, 2.24) is 0 Å². The van der Waals surface area contributed by atoms with Crippen LogP contribution in [0.15, 0.2) is 224 Å². The van der Waals surface area contributed by atoms with Crippen LogP contribution in [0.1, 0.15) is 0 Å². The fourth-order valence-corrected chi connectivity index (χ4v) is 7.99. The Kier molecular flexibility index (Phi) is 8.24. The van der Waals surface area contributed by atoms with Gasteiger partial charge in [-0.05, 0) is 114 Å². The Hall–Kier alpha value is -7.22. The Morgan fingerprint density at radius 2 is 0.709 bits per heavy atom. The summed E-state index contributed by atoms with van der Waals surface area (Å²) in [5.41, 5.74) is 12.8. The van der Waals surface area contributed by atoms with E-state index in [4.69, 9.17) is 0 Å². The highest BCUT2D eigenvalue weighted by molar-refractivity contribution is 5.98. The molecule has 1 nitrogen and oxygen atoms in total. The van der Waals surface area contributed by atoms with Crippen molar-refractivity contribution in [2.75, 3.05) is 4.90 Å². The Bertz CT molecular complexity index is 2950. The highest BCUT2D eigenvalue weighted by Crippen LogP contribution is 2.44. The highest BCUT2D eigenvalue weighted by atomic mass is 15.1. The Labute approximate surface area is 322 Å². The normalized spacial score (nSPS) is 11.3. The maximum Gasteiger partial charge on any atom is 0.0546 e. The molecular formula is C54H37N. The van der Waals surface area contributed by atoms with Gasteiger partial charge in [-0.15, -0.1) is 0 Å². The molecule has 0 fully saturated rings. The Balaban J connectivity index is 1.18. The molecule has 10 aromatic rings. The average molecular weight is 700 g/mol. The van der Waals surface area contributed by atoms with Gasteiger partial charge in [-0.25, -0.2) is 0 Å². The van der Waals surface area contributed by atoms with E-state index in [1.54, 1.807) is 0 Å². The number of benzene rings is 10. The molecule has 0 aliphatic rings. The van der Waals surface area contributed by atoms with Crippen molar-refractivity contribution in [1.29, 1.82) is 0 Å². The van der Waals surface area contributed by atoms with E-state index in [9.17, 15) is 0 Å². The summed E-state index contributed by atoms with van der Waals surface area (Å²) in [7, 11) is 0. The smallest absolute Gasteiger partial charge is 0.0546 e. The van der Waals surface area contributed by atoms with Gasteiger partial charge in [-0.2, -0.15) is 0 Å². The van der Waals surface area contributed by atoms with Crippen molar-refractivity contribution in [2.24, 2.45) is 0 Å². The van der Waals surface area contributed by atoms with Crippen LogP contribution in [0, 0.1) is 0 Å². The summed E-state index contributed by atoms with van der Waals surface area (Å²) in [5, 5.41) is 7.44. The predicted octanol–water partition coefficient (Wildman–Crippen LogP) is 15.3. The van der Waals surface area contributed by atoms with E-state index >= 15 is 0 Å². The summed E-state index contributed by atoms with van der Waals surface area (Å²) in [6.07, 6.45) is 0. The molecule has 1 heteroatoms. The summed E-state index contributed by atoms with van der Waals surface area (Å²) in [6.45, 7) is 0. The van der Waals surface area contributed by atoms with Crippen LogP contribution in [-0.4, -0.2) is 0 Å². The van der Waals surface area contributed by atoms with Crippen LogP contribution in [-0.2, 0) is 0 Å². The van der Waals surface area contributed by atoms with Gasteiger partial charge in [0.2, 0.25) is 0 Å². The molecule has 0 heterocycles. The highest BCUT2D eigenvalue weighted by Gasteiger charge is 2.20. The van der Waals surface area contributed by atoms with E-state index in [2.05, 4.69) is 229 Å². The van der Waals surface area contributed by atoms with E-state index < -0.39 is 0 Å². The van der Waals surface area contributed by atoms with Gasteiger partial charge in [0, 0.05) is 16.9 Å². The number of hydrogen-bond donors (Lipinski definition) is 0. The van der Waals surface area contributed by atoms with Crippen molar-refractivity contribution >= 4 is 49.4 Å². The van der Waals surface area contributed by atoms with Crippen LogP contribution in [0.2, 0.25) is 0 Å². The van der Waals surface area contributed by atoms with Crippen LogP contribution < -0.4 is 4.90 Å². The lowest BCUT2D eigenvalue weighted by Crippen LogP contribution is -2.11. The lowest BCUT2D eigenvalue weighted by atomic mass is 9.94. The third kappa shape index (κ3) is 6.22. The molecule has 0 spiro atoms. The average Bonchev–Trinajstić information content (AvgIpc) is 3.27. The van der Waals surface area contributed by atoms with Gasteiger partial charge in [-0.3, -0.25) is 0 Å². The van der Waals surface area contributed by atoms with Gasteiger partial charge in [0.25, 0.3) is 0 Å². The minimum atomic E-state index is 1.09. The lowest BCUT2D eigenvalue weighted by Gasteiger charge is -2.29. The first-order valence-corrected chi connectivity index (χ1v) is 18.9. The van der Waals surface area contributed by atoms with Crippen LogP contribution in [0.3, 0.4) is 0 Å². The zero-order chi connectivity index (χ0) is 36.6. The van der Waals surface area contributed by atoms with Gasteiger partial charge in [-0.1, -0.05) is 182 Å². The predicted molar refractivity (Wildman–Crippen MR) is 235 cm³/mol. The summed E-state index contributed by atoms with van der Waals surface area (Å²) >= 11 is 0. The largest absolute Gasteiger partial charge is 0.310 e. The fraction of sp³-hybridized carbons (Fsp3) is 0. The van der Waals surface area contributed by atoms with Gasteiger partial charge >= 0.3 is 0 Å². The van der Waals surface area contributed by atoms with E-state index in [1.807, 2.05) is 0 Å². The van der Waals surface area contributed by atoms with Crippen molar-refractivity contribution < 1.29 is 0 Å². The van der Waals surface area contributed by atoms with Crippen LogP contribution in [0.4, 0.5) is 17.1 Å². The third-order valence-corrected chi connectivity index (χ3v) is 10.8. The lowest BCUT2D eigenvalue weighted by molar-refractivity contribution is 1.28. The quantitative estimate of drug-likeness (QED) is 0.160. The Morgan fingerprint density at radius 3 is 1.40 bits per heavy atom. The number of rotatable bonds is 7. The molecule has 0 saturated carbocycles. The first-order valence-electron chi connectivity index (χ1n) is 18.9. The molecule has 258 valence electrons. The standard InChI is InChI=1S/C54H37N/c1-2-11-38(12-3-1)41-25-30-49(31-26-41)55(50-32-27-43(28-33-50)52-20-10-18-42-15-8-9-19-51(42)52)54-37-47(46-23-21-39-13-4-6-16-44(39)35-46)29-34-53(54)48-24-22-40-14-5-7-17-45(40)36-48/h1-37H. The first kappa shape index (κ1) is 32.4. The van der Waals surface area contributed by atoms with Gasteiger partial charge in [0.1, 0.15) is 0 Å². The minimum Gasteiger partial charge on any atom is -0.310 e. The molecule has 0 radical (unpaired) electrons. The van der Waals surface area contributed by atoms with Crippen molar-refractivity contribution in [3.8, 4) is 44.5 Å². The molecule has 0 aliphatic heterocycles. The summed E-state index contributed by atoms with van der Waals surface area (Å²) in [4.78, 5) is 2.43. The second-order valence-electron chi connectivity index (χ2n) is 14.2. The third-order valence-electron chi connectivity index (χ3n) is 10.8. The van der Waals surface area contributed by atoms with E-state index in [1.165, 1.54) is 76.8 Å². The summed E-state index contributed by atoms with van der Waals surface area (Å²) < 4.78 is 0. The van der Waals surface area contributed by atoms with E-state index in [0.717, 1.165) is 17.1 Å². The van der Waals surface area contributed by atoms with Gasteiger partial charge < -0.3 is 4.90 Å². The molecule has 10 aromatic carbocycles. The zero-order valence-corrected chi connectivity index (χ0v) is 30.3. The number of anilines is 3. The van der Waals surface area contributed by atoms with E-state index in [0.29, 0.717) is 0 Å². The van der Waals surface area contributed by atoms with Gasteiger partial charge in [0.15, 0.2) is 0 Å². The second kappa shape index (κ2) is 14.0. The molecule has 0 amide bonds. The van der Waals surface area contributed by atoms with Crippen molar-refractivity contribution in [2.45, 2.75) is 0 Å². The fourth-order valence-electron chi connectivity index (χ4n) is 7.99. The van der Waals surface area contributed by atoms with E-state index in [-0.39, 0.29) is 0 Å². The van der Waals surface area contributed by atoms with Crippen LogP contribution >= 0.6 is 0 Å². The zero-order valence-electron chi connectivity index (χ0n) is 30.3. The second-order valence-corrected chi connectivity index (χ2v) is 14.2. The maximum absolute atomic E-state index is 2.43. The van der Waals surface area contributed by atoms with Crippen molar-refractivity contribution in [3.05, 3.63) is 224 Å². The van der Waals surface area contributed by atoms with Crippen molar-refractivity contribution in [3.63, 3.8) is 0 Å². The summed E-state index contributed by atoms with van der Waals surface area (Å²) in [5.74, 6) is 0. The molecule has 0 aliphatic carbocycles. The first-order chi connectivity index (χ1) is 27.2. The molecule has 0 unspecified atom stereocenters. The molecule has 0 saturated heterocycles. The molecule has 10 rings (SSSR count). The maximum atomic E-state index is 2.43. The topological polar surface area (TPSA) is 3.24 Å². The minimum absolute atomic E-state index is 1.09. The Morgan fingerprint density at radius 1 is 0.236 bits per heavy atom. The molecule has 0 bridgehead atoms. The van der Waals surface area contributed by atoms with Crippen LogP contribution in [0.25, 0.3) is 76.8 Å². The molecule has 0 aromatic heterocycles. The number of fused-ring (bicyclic) bond motifs is 3.